The maximum absolute atomic E-state index is 14.2. The molecule has 0 radical (unpaired) electrons. The lowest BCUT2D eigenvalue weighted by molar-refractivity contribution is 0.0723. The van der Waals surface area contributed by atoms with Crippen LogP contribution >= 0.6 is 12.4 Å². The fourth-order valence-corrected chi connectivity index (χ4v) is 3.44. The van der Waals surface area contributed by atoms with Crippen LogP contribution in [0.3, 0.4) is 0 Å². The molecule has 3 nitrogen and oxygen atoms in total. The molecule has 3 rings (SSSR count). The Balaban J connectivity index is 0.00000192. The number of hydrogen-bond donors (Lipinski definition) is 1. The first kappa shape index (κ1) is 18.1. The second-order valence-electron chi connectivity index (χ2n) is 6.24. The lowest BCUT2D eigenvalue weighted by atomic mass is 9.88. The summed E-state index contributed by atoms with van der Waals surface area (Å²) in [4.78, 5) is 14.3. The van der Waals surface area contributed by atoms with Crippen LogP contribution in [-0.4, -0.2) is 37.0 Å². The van der Waals surface area contributed by atoms with Gasteiger partial charge in [-0.3, -0.25) is 4.79 Å². The predicted molar refractivity (Wildman–Crippen MR) is 88.2 cm³/mol. The fourth-order valence-electron chi connectivity index (χ4n) is 3.44. The number of benzene rings is 1. The zero-order chi connectivity index (χ0) is 15.5. The summed E-state index contributed by atoms with van der Waals surface area (Å²) in [5, 5.41) is 3.22. The van der Waals surface area contributed by atoms with Crippen molar-refractivity contribution in [2.24, 2.45) is 0 Å². The van der Waals surface area contributed by atoms with E-state index in [4.69, 9.17) is 0 Å². The Kier molecular flexibility index (Phi) is 6.36. The first-order valence-corrected chi connectivity index (χ1v) is 8.16. The van der Waals surface area contributed by atoms with Crippen LogP contribution in [0.15, 0.2) is 12.1 Å². The Morgan fingerprint density at radius 1 is 1.09 bits per heavy atom. The van der Waals surface area contributed by atoms with Gasteiger partial charge < -0.3 is 10.2 Å². The molecule has 6 heteroatoms. The van der Waals surface area contributed by atoms with Gasteiger partial charge >= 0.3 is 0 Å². The molecule has 0 aliphatic carbocycles. The molecule has 0 aromatic heterocycles. The number of carbonyl (C=O) groups excluding carboxylic acids is 1. The minimum Gasteiger partial charge on any atom is -0.339 e. The van der Waals surface area contributed by atoms with E-state index in [0.29, 0.717) is 18.7 Å². The Morgan fingerprint density at radius 3 is 2.39 bits per heavy atom. The van der Waals surface area contributed by atoms with Gasteiger partial charge in [-0.15, -0.1) is 12.4 Å². The van der Waals surface area contributed by atoms with Crippen molar-refractivity contribution in [2.75, 3.05) is 26.2 Å². The normalized spacial score (nSPS) is 19.3. The highest BCUT2D eigenvalue weighted by molar-refractivity contribution is 5.94. The van der Waals surface area contributed by atoms with Crippen molar-refractivity contribution < 1.29 is 13.6 Å². The summed E-state index contributed by atoms with van der Waals surface area (Å²) in [6.07, 6.45) is 4.64. The van der Waals surface area contributed by atoms with E-state index in [-0.39, 0.29) is 29.8 Å². The molecule has 2 aliphatic rings. The molecule has 1 aromatic rings. The number of likely N-dealkylation sites (tertiary alicyclic amines) is 1. The van der Waals surface area contributed by atoms with Crippen molar-refractivity contribution in [3.05, 3.63) is 34.9 Å². The molecule has 2 aliphatic heterocycles. The van der Waals surface area contributed by atoms with Crippen LogP contribution in [0.1, 0.15) is 53.9 Å². The Hall–Kier alpha value is -1.20. The van der Waals surface area contributed by atoms with Gasteiger partial charge in [0.05, 0.1) is 0 Å². The highest BCUT2D eigenvalue weighted by atomic mass is 35.5. The minimum absolute atomic E-state index is 0. The summed E-state index contributed by atoms with van der Waals surface area (Å²) >= 11 is 0. The van der Waals surface area contributed by atoms with Crippen LogP contribution in [0.2, 0.25) is 0 Å². The number of nitrogens with one attached hydrogen (secondary N) is 1. The second kappa shape index (κ2) is 8.06. The number of amides is 1. The summed E-state index contributed by atoms with van der Waals surface area (Å²) in [6, 6.07) is 2.63. The molecule has 2 heterocycles. The first-order valence-electron chi connectivity index (χ1n) is 8.16. The molecule has 1 amide bonds. The van der Waals surface area contributed by atoms with Crippen LogP contribution in [-0.2, 0) is 0 Å². The van der Waals surface area contributed by atoms with E-state index in [2.05, 4.69) is 5.32 Å². The molecule has 1 N–H and O–H groups in total. The predicted octanol–water partition coefficient (Wildman–Crippen LogP) is 3.48. The van der Waals surface area contributed by atoms with Crippen LogP contribution in [0, 0.1) is 11.6 Å². The number of nitrogens with zero attached hydrogens (tertiary/aromatic N) is 1. The van der Waals surface area contributed by atoms with Crippen LogP contribution in [0.5, 0.6) is 0 Å². The van der Waals surface area contributed by atoms with Crippen molar-refractivity contribution in [3.8, 4) is 0 Å². The van der Waals surface area contributed by atoms with Gasteiger partial charge in [0.2, 0.25) is 0 Å². The average molecular weight is 345 g/mol. The fraction of sp³-hybridized carbons (Fsp3) is 0.588. The third-order valence-electron chi connectivity index (χ3n) is 4.73. The summed E-state index contributed by atoms with van der Waals surface area (Å²) in [5.41, 5.74) is 0.649. The number of piperidine rings is 2. The van der Waals surface area contributed by atoms with Crippen LogP contribution in [0.25, 0.3) is 0 Å². The first-order chi connectivity index (χ1) is 10.7. The maximum Gasteiger partial charge on any atom is 0.253 e. The van der Waals surface area contributed by atoms with Crippen LogP contribution in [0.4, 0.5) is 8.78 Å². The number of hydrogen-bond acceptors (Lipinski definition) is 2. The quantitative estimate of drug-likeness (QED) is 0.890. The number of carbonyl (C=O) groups is 1. The highest BCUT2D eigenvalue weighted by Gasteiger charge is 2.25. The van der Waals surface area contributed by atoms with Crippen molar-refractivity contribution in [3.63, 3.8) is 0 Å². The second-order valence-corrected chi connectivity index (χ2v) is 6.24. The van der Waals surface area contributed by atoms with Crippen LogP contribution < -0.4 is 5.32 Å². The van der Waals surface area contributed by atoms with Gasteiger partial charge in [-0.25, -0.2) is 8.78 Å². The third-order valence-corrected chi connectivity index (χ3v) is 4.73. The SMILES string of the molecule is Cl.O=C(c1cc(F)c(F)c(C2CCNCC2)c1)N1CCCCC1. The third kappa shape index (κ3) is 4.01. The molecule has 0 unspecified atom stereocenters. The summed E-state index contributed by atoms with van der Waals surface area (Å²) in [7, 11) is 0. The topological polar surface area (TPSA) is 32.3 Å². The minimum atomic E-state index is -0.906. The van der Waals surface area contributed by atoms with Gasteiger partial charge in [-0.05, 0) is 68.8 Å². The molecule has 1 aromatic carbocycles. The van der Waals surface area contributed by atoms with Gasteiger partial charge in [0.25, 0.3) is 5.91 Å². The Bertz CT molecular complexity index is 556. The van der Waals surface area contributed by atoms with Gasteiger partial charge in [0.15, 0.2) is 11.6 Å². The molecule has 2 fully saturated rings. The molecule has 0 atom stereocenters. The molecule has 128 valence electrons. The van der Waals surface area contributed by atoms with Gasteiger partial charge in [0, 0.05) is 18.7 Å². The molecule has 0 spiro atoms. The average Bonchev–Trinajstić information content (AvgIpc) is 2.58. The van der Waals surface area contributed by atoms with Crippen molar-refractivity contribution in [1.29, 1.82) is 0 Å². The zero-order valence-corrected chi connectivity index (χ0v) is 13.9. The molecule has 2 saturated heterocycles. The summed E-state index contributed by atoms with van der Waals surface area (Å²) < 4.78 is 28.1. The zero-order valence-electron chi connectivity index (χ0n) is 13.1. The van der Waals surface area contributed by atoms with Crippen molar-refractivity contribution in [1.82, 2.24) is 10.2 Å². The van der Waals surface area contributed by atoms with E-state index in [0.717, 1.165) is 51.3 Å². The Labute approximate surface area is 141 Å². The van der Waals surface area contributed by atoms with Crippen molar-refractivity contribution in [2.45, 2.75) is 38.0 Å². The van der Waals surface area contributed by atoms with Gasteiger partial charge in [0.1, 0.15) is 0 Å². The molecular formula is C17H23ClF2N2O. The summed E-state index contributed by atoms with van der Waals surface area (Å²) in [5.74, 6) is -1.88. The molecular weight excluding hydrogens is 322 g/mol. The largest absolute Gasteiger partial charge is 0.339 e. The van der Waals surface area contributed by atoms with Gasteiger partial charge in [-0.1, -0.05) is 0 Å². The molecule has 0 bridgehead atoms. The van der Waals surface area contributed by atoms with E-state index in [1.54, 1.807) is 11.0 Å². The summed E-state index contributed by atoms with van der Waals surface area (Å²) in [6.45, 7) is 3.02. The highest BCUT2D eigenvalue weighted by Crippen LogP contribution is 2.30. The lowest BCUT2D eigenvalue weighted by Gasteiger charge is -2.28. The smallest absolute Gasteiger partial charge is 0.253 e. The molecule has 23 heavy (non-hydrogen) atoms. The van der Waals surface area contributed by atoms with E-state index in [1.807, 2.05) is 0 Å². The lowest BCUT2D eigenvalue weighted by Crippen LogP contribution is -2.36. The number of rotatable bonds is 2. The monoisotopic (exact) mass is 344 g/mol. The van der Waals surface area contributed by atoms with Crippen molar-refractivity contribution >= 4 is 18.3 Å². The van der Waals surface area contributed by atoms with E-state index >= 15 is 0 Å². The van der Waals surface area contributed by atoms with E-state index < -0.39 is 11.6 Å². The van der Waals surface area contributed by atoms with E-state index in [1.165, 1.54) is 0 Å². The van der Waals surface area contributed by atoms with E-state index in [9.17, 15) is 13.6 Å². The number of halogens is 3. The Morgan fingerprint density at radius 2 is 1.74 bits per heavy atom. The molecule has 0 saturated carbocycles. The van der Waals surface area contributed by atoms with Gasteiger partial charge in [-0.2, -0.15) is 0 Å². The standard InChI is InChI=1S/C17H22F2N2O.ClH/c18-15-11-13(17(22)21-8-2-1-3-9-21)10-14(16(15)19)12-4-6-20-7-5-12;/h10-12,20H,1-9H2;1H. The maximum atomic E-state index is 14.2.